The van der Waals surface area contributed by atoms with Crippen molar-refractivity contribution in [2.24, 2.45) is 4.99 Å². The zero-order valence-electron chi connectivity index (χ0n) is 11.5. The third-order valence-electron chi connectivity index (χ3n) is 3.12. The smallest absolute Gasteiger partial charge is 0.279 e. The molecule has 3 rings (SSSR count). The minimum atomic E-state index is -0.297. The van der Waals surface area contributed by atoms with E-state index in [1.165, 1.54) is 11.3 Å². The Morgan fingerprint density at radius 2 is 2.00 bits per heavy atom. The predicted molar refractivity (Wildman–Crippen MR) is 90.0 cm³/mol. The quantitative estimate of drug-likeness (QED) is 0.661. The van der Waals surface area contributed by atoms with Gasteiger partial charge in [-0.15, -0.1) is 6.42 Å². The molecule has 22 heavy (non-hydrogen) atoms. The lowest BCUT2D eigenvalue weighted by Crippen LogP contribution is -2.16. The van der Waals surface area contributed by atoms with Gasteiger partial charge in [-0.2, -0.15) is 4.99 Å². The number of halogens is 1. The zero-order valence-corrected chi connectivity index (χ0v) is 13.1. The van der Waals surface area contributed by atoms with E-state index < -0.39 is 0 Å². The van der Waals surface area contributed by atoms with Crippen LogP contribution in [0.25, 0.3) is 10.2 Å². The highest BCUT2D eigenvalue weighted by atomic mass is 35.5. The molecule has 5 heteroatoms. The molecule has 3 nitrogen and oxygen atoms in total. The van der Waals surface area contributed by atoms with E-state index >= 15 is 0 Å². The van der Waals surface area contributed by atoms with Crippen LogP contribution in [-0.2, 0) is 6.54 Å². The van der Waals surface area contributed by atoms with E-state index in [2.05, 4.69) is 10.9 Å². The molecule has 0 atom stereocenters. The number of aromatic nitrogens is 1. The Bertz CT molecular complexity index is 948. The maximum atomic E-state index is 12.3. The van der Waals surface area contributed by atoms with E-state index in [9.17, 15) is 4.79 Å². The Morgan fingerprint density at radius 1 is 1.23 bits per heavy atom. The van der Waals surface area contributed by atoms with Crippen LogP contribution in [0.5, 0.6) is 0 Å². The zero-order chi connectivity index (χ0) is 15.5. The number of terminal acetylenes is 1. The number of rotatable bonds is 2. The molecule has 0 aliphatic rings. The summed E-state index contributed by atoms with van der Waals surface area (Å²) in [5.74, 6) is 2.29. The second-order valence-corrected chi connectivity index (χ2v) is 5.96. The van der Waals surface area contributed by atoms with Gasteiger partial charge in [0.15, 0.2) is 4.80 Å². The average Bonchev–Trinajstić information content (AvgIpc) is 2.87. The highest BCUT2D eigenvalue weighted by Gasteiger charge is 2.10. The first-order valence-electron chi connectivity index (χ1n) is 6.56. The second kappa shape index (κ2) is 6.18. The third kappa shape index (κ3) is 2.69. The van der Waals surface area contributed by atoms with Gasteiger partial charge < -0.3 is 4.57 Å². The van der Waals surface area contributed by atoms with E-state index in [-0.39, 0.29) is 5.91 Å². The van der Waals surface area contributed by atoms with Crippen LogP contribution in [0.15, 0.2) is 53.5 Å². The van der Waals surface area contributed by atoms with Crippen molar-refractivity contribution < 1.29 is 4.79 Å². The Kier molecular flexibility index (Phi) is 4.10. The molecule has 3 aromatic rings. The summed E-state index contributed by atoms with van der Waals surface area (Å²) in [6.07, 6.45) is 5.44. The summed E-state index contributed by atoms with van der Waals surface area (Å²) < 4.78 is 2.74. The van der Waals surface area contributed by atoms with Crippen molar-refractivity contribution in [2.75, 3.05) is 0 Å². The van der Waals surface area contributed by atoms with Gasteiger partial charge >= 0.3 is 0 Å². The van der Waals surface area contributed by atoms with Crippen LogP contribution in [-0.4, -0.2) is 10.5 Å². The summed E-state index contributed by atoms with van der Waals surface area (Å²) in [6, 6.07) is 14.5. The van der Waals surface area contributed by atoms with Gasteiger partial charge in [0.2, 0.25) is 0 Å². The van der Waals surface area contributed by atoms with E-state index in [4.69, 9.17) is 18.0 Å². The largest absolute Gasteiger partial charge is 0.303 e. The lowest BCUT2D eigenvalue weighted by atomic mass is 10.2. The topological polar surface area (TPSA) is 34.4 Å². The van der Waals surface area contributed by atoms with Gasteiger partial charge in [0.25, 0.3) is 5.91 Å². The van der Waals surface area contributed by atoms with Crippen molar-refractivity contribution in [1.82, 2.24) is 4.57 Å². The molecule has 0 saturated heterocycles. The summed E-state index contributed by atoms with van der Waals surface area (Å²) in [4.78, 5) is 17.0. The van der Waals surface area contributed by atoms with Gasteiger partial charge in [-0.3, -0.25) is 4.79 Å². The highest BCUT2D eigenvalue weighted by Crippen LogP contribution is 2.25. The molecule has 0 aliphatic carbocycles. The summed E-state index contributed by atoms with van der Waals surface area (Å²) in [6.45, 7) is 0.310. The molecule has 0 unspecified atom stereocenters. The highest BCUT2D eigenvalue weighted by molar-refractivity contribution is 7.16. The Hall–Kier alpha value is -2.35. The van der Waals surface area contributed by atoms with Crippen molar-refractivity contribution in [3.63, 3.8) is 0 Å². The van der Waals surface area contributed by atoms with Crippen LogP contribution in [0.3, 0.4) is 0 Å². The number of hydrogen-bond acceptors (Lipinski definition) is 2. The fraction of sp³-hybridized carbons (Fsp3) is 0.0588. The number of hydrogen-bond donors (Lipinski definition) is 0. The van der Waals surface area contributed by atoms with Crippen molar-refractivity contribution in [3.8, 4) is 12.3 Å². The van der Waals surface area contributed by atoms with Crippen LogP contribution < -0.4 is 4.80 Å². The van der Waals surface area contributed by atoms with Crippen molar-refractivity contribution in [2.45, 2.75) is 6.54 Å². The molecule has 0 bridgehead atoms. The number of nitrogens with zero attached hydrogens (tertiary/aromatic N) is 2. The normalized spacial score (nSPS) is 11.5. The van der Waals surface area contributed by atoms with Gasteiger partial charge in [0.05, 0.1) is 21.8 Å². The molecular formula is C17H11ClN2OS. The number of thiazole rings is 1. The molecule has 0 aliphatic heterocycles. The van der Waals surface area contributed by atoms with Crippen molar-refractivity contribution in [3.05, 3.63) is 63.9 Å². The van der Waals surface area contributed by atoms with Crippen LogP contribution >= 0.6 is 22.9 Å². The summed E-state index contributed by atoms with van der Waals surface area (Å²) in [7, 11) is 0. The maximum Gasteiger partial charge on any atom is 0.279 e. The van der Waals surface area contributed by atoms with Gasteiger partial charge in [-0.05, 0) is 24.3 Å². The monoisotopic (exact) mass is 326 g/mol. The lowest BCUT2D eigenvalue weighted by molar-refractivity contribution is 0.0998. The van der Waals surface area contributed by atoms with Crippen LogP contribution in [0, 0.1) is 12.3 Å². The number of fused-ring (bicyclic) bond motifs is 1. The second-order valence-electron chi connectivity index (χ2n) is 4.54. The van der Waals surface area contributed by atoms with E-state index in [1.54, 1.807) is 34.9 Å². The van der Waals surface area contributed by atoms with Crippen molar-refractivity contribution in [1.29, 1.82) is 0 Å². The number of carbonyl (C=O) groups excluding carboxylic acids is 1. The Morgan fingerprint density at radius 3 is 2.73 bits per heavy atom. The maximum absolute atomic E-state index is 12.3. The molecule has 0 fully saturated rings. The minimum Gasteiger partial charge on any atom is -0.303 e. The summed E-state index contributed by atoms with van der Waals surface area (Å²) >= 11 is 7.65. The standard InChI is InChI=1S/C17H11ClN2OS/c1-2-11-20-15-13(18)9-6-10-14(15)22-17(20)19-16(21)12-7-4-3-5-8-12/h1,3-10H,11H2. The first-order chi connectivity index (χ1) is 10.7. The van der Waals surface area contributed by atoms with E-state index in [0.717, 1.165) is 10.2 Å². The van der Waals surface area contributed by atoms with Crippen LogP contribution in [0.4, 0.5) is 0 Å². The molecular weight excluding hydrogens is 316 g/mol. The molecule has 0 saturated carbocycles. The molecule has 1 amide bonds. The van der Waals surface area contributed by atoms with Gasteiger partial charge in [0, 0.05) is 5.56 Å². The molecule has 2 aromatic carbocycles. The first kappa shape index (κ1) is 14.6. The van der Waals surface area contributed by atoms with Gasteiger partial charge in [0.1, 0.15) is 0 Å². The fourth-order valence-corrected chi connectivity index (χ4v) is 3.53. The average molecular weight is 327 g/mol. The minimum absolute atomic E-state index is 0.297. The number of amides is 1. The van der Waals surface area contributed by atoms with Gasteiger partial charge in [-0.1, -0.05) is 53.1 Å². The molecule has 0 radical (unpaired) electrons. The Balaban J connectivity index is 2.21. The molecule has 1 heterocycles. The molecule has 0 spiro atoms. The van der Waals surface area contributed by atoms with Crippen LogP contribution in [0.2, 0.25) is 5.02 Å². The summed E-state index contributed by atoms with van der Waals surface area (Å²) in [5, 5.41) is 0.595. The van der Waals surface area contributed by atoms with E-state index in [0.29, 0.717) is 21.9 Å². The Labute approximate surface area is 136 Å². The SMILES string of the molecule is C#CCn1c(=NC(=O)c2ccccc2)sc2cccc(Cl)c21. The number of para-hydroxylation sites is 1. The summed E-state index contributed by atoms with van der Waals surface area (Å²) in [5.41, 5.74) is 1.35. The number of carbonyl (C=O) groups is 1. The lowest BCUT2D eigenvalue weighted by Gasteiger charge is -2.01. The van der Waals surface area contributed by atoms with Crippen LogP contribution in [0.1, 0.15) is 10.4 Å². The number of benzene rings is 2. The van der Waals surface area contributed by atoms with Crippen molar-refractivity contribution >= 4 is 39.1 Å². The molecule has 1 aromatic heterocycles. The van der Waals surface area contributed by atoms with Gasteiger partial charge in [-0.25, -0.2) is 0 Å². The fourth-order valence-electron chi connectivity index (χ4n) is 2.14. The first-order valence-corrected chi connectivity index (χ1v) is 7.75. The molecule has 0 N–H and O–H groups in total. The molecule has 108 valence electrons. The predicted octanol–water partition coefficient (Wildman–Crippen LogP) is 3.73. The van der Waals surface area contributed by atoms with E-state index in [1.807, 2.05) is 18.2 Å². The third-order valence-corrected chi connectivity index (χ3v) is 4.47.